The van der Waals surface area contributed by atoms with Gasteiger partial charge in [0.15, 0.2) is 0 Å². The SMILES string of the molecule is CO[SiH](OC)OCCCS. The molecule has 0 aliphatic carbocycles. The molecule has 0 bridgehead atoms. The molecule has 62 valence electrons. The van der Waals surface area contributed by atoms with Gasteiger partial charge in [0.05, 0.1) is 0 Å². The fourth-order valence-corrected chi connectivity index (χ4v) is 1.43. The van der Waals surface area contributed by atoms with E-state index in [1.165, 1.54) is 0 Å². The molecule has 0 spiro atoms. The van der Waals surface area contributed by atoms with Crippen LogP contribution in [0.25, 0.3) is 0 Å². The minimum atomic E-state index is -1.76. The summed E-state index contributed by atoms with van der Waals surface area (Å²) in [4.78, 5) is 0. The topological polar surface area (TPSA) is 27.7 Å². The van der Waals surface area contributed by atoms with Crippen molar-refractivity contribution >= 4 is 22.2 Å². The monoisotopic (exact) mass is 182 g/mol. The van der Waals surface area contributed by atoms with Crippen molar-refractivity contribution in [1.29, 1.82) is 0 Å². The van der Waals surface area contributed by atoms with Gasteiger partial charge in [-0.3, -0.25) is 0 Å². The van der Waals surface area contributed by atoms with Crippen LogP contribution < -0.4 is 0 Å². The fraction of sp³-hybridized carbons (Fsp3) is 1.00. The van der Waals surface area contributed by atoms with Crippen molar-refractivity contribution in [3.8, 4) is 0 Å². The van der Waals surface area contributed by atoms with Gasteiger partial charge in [0.25, 0.3) is 0 Å². The van der Waals surface area contributed by atoms with Gasteiger partial charge in [0, 0.05) is 20.8 Å². The summed E-state index contributed by atoms with van der Waals surface area (Å²) in [7, 11) is 1.44. The number of rotatable bonds is 6. The lowest BCUT2D eigenvalue weighted by molar-refractivity contribution is 0.136. The van der Waals surface area contributed by atoms with Gasteiger partial charge in [-0.15, -0.1) is 0 Å². The molecule has 0 rings (SSSR count). The van der Waals surface area contributed by atoms with Gasteiger partial charge in [-0.25, -0.2) is 0 Å². The molecule has 0 fully saturated rings. The Morgan fingerprint density at radius 2 is 1.90 bits per heavy atom. The number of hydrogen-bond acceptors (Lipinski definition) is 4. The minimum Gasteiger partial charge on any atom is -0.379 e. The van der Waals surface area contributed by atoms with Crippen molar-refractivity contribution in [1.82, 2.24) is 0 Å². The Morgan fingerprint density at radius 1 is 1.30 bits per heavy atom. The molecule has 0 unspecified atom stereocenters. The lowest BCUT2D eigenvalue weighted by atomic mass is 10.5. The van der Waals surface area contributed by atoms with E-state index in [9.17, 15) is 0 Å². The Hall–Kier alpha value is 0.447. The van der Waals surface area contributed by atoms with Crippen molar-refractivity contribution < 1.29 is 13.3 Å². The van der Waals surface area contributed by atoms with Crippen LogP contribution in [0.3, 0.4) is 0 Å². The lowest BCUT2D eigenvalue weighted by Gasteiger charge is -2.10. The first-order valence-electron chi connectivity index (χ1n) is 3.13. The maximum absolute atomic E-state index is 5.23. The fourth-order valence-electron chi connectivity index (χ4n) is 0.476. The zero-order valence-electron chi connectivity index (χ0n) is 6.37. The van der Waals surface area contributed by atoms with Crippen molar-refractivity contribution in [3.63, 3.8) is 0 Å². The van der Waals surface area contributed by atoms with Crippen LogP contribution in [0.15, 0.2) is 0 Å². The van der Waals surface area contributed by atoms with Crippen LogP contribution in [0, 0.1) is 0 Å². The van der Waals surface area contributed by atoms with Crippen LogP contribution in [0.1, 0.15) is 6.42 Å². The second-order valence-corrected chi connectivity index (χ2v) is 4.01. The quantitative estimate of drug-likeness (QED) is 0.364. The van der Waals surface area contributed by atoms with Gasteiger partial charge in [-0.2, -0.15) is 12.6 Å². The zero-order valence-corrected chi connectivity index (χ0v) is 8.42. The Morgan fingerprint density at radius 3 is 2.30 bits per heavy atom. The summed E-state index contributed by atoms with van der Waals surface area (Å²) >= 11 is 4.04. The average molecular weight is 182 g/mol. The van der Waals surface area contributed by atoms with Gasteiger partial charge in [-0.1, -0.05) is 0 Å². The summed E-state index contributed by atoms with van der Waals surface area (Å²) in [5, 5.41) is 0. The Bertz CT molecular complexity index is 69.9. The summed E-state index contributed by atoms with van der Waals surface area (Å²) in [5.41, 5.74) is 0. The molecular formula is C5H14O3SSi. The molecular weight excluding hydrogens is 168 g/mol. The van der Waals surface area contributed by atoms with Crippen molar-refractivity contribution in [3.05, 3.63) is 0 Å². The van der Waals surface area contributed by atoms with Gasteiger partial charge < -0.3 is 13.3 Å². The van der Waals surface area contributed by atoms with Crippen LogP contribution in [-0.4, -0.2) is 36.1 Å². The third-order valence-corrected chi connectivity index (χ3v) is 2.54. The molecule has 0 aliphatic rings. The lowest BCUT2D eigenvalue weighted by Crippen LogP contribution is -2.24. The van der Waals surface area contributed by atoms with Gasteiger partial charge in [0.1, 0.15) is 0 Å². The van der Waals surface area contributed by atoms with E-state index in [1.807, 2.05) is 0 Å². The van der Waals surface area contributed by atoms with E-state index in [-0.39, 0.29) is 0 Å². The molecule has 0 saturated heterocycles. The summed E-state index contributed by atoms with van der Waals surface area (Å²) in [6, 6.07) is 0. The highest BCUT2D eigenvalue weighted by atomic mass is 32.1. The van der Waals surface area contributed by atoms with Crippen LogP contribution in [-0.2, 0) is 13.3 Å². The standard InChI is InChI=1S/C5H14O3SSi/c1-6-10(7-2)8-4-3-5-9/h9-10H,3-5H2,1-2H3. The second-order valence-electron chi connectivity index (χ2n) is 1.71. The summed E-state index contributed by atoms with van der Waals surface area (Å²) < 4.78 is 15.1. The Labute approximate surface area is 69.0 Å². The third-order valence-electron chi connectivity index (χ3n) is 0.941. The van der Waals surface area contributed by atoms with E-state index in [1.54, 1.807) is 14.2 Å². The Balaban J connectivity index is 3.09. The molecule has 0 aromatic heterocycles. The van der Waals surface area contributed by atoms with E-state index in [2.05, 4.69) is 12.6 Å². The third kappa shape index (κ3) is 5.25. The first-order valence-corrected chi connectivity index (χ1v) is 5.18. The van der Waals surface area contributed by atoms with Crippen LogP contribution in [0.4, 0.5) is 0 Å². The van der Waals surface area contributed by atoms with Crippen molar-refractivity contribution in [2.75, 3.05) is 26.6 Å². The predicted octanol–water partition coefficient (Wildman–Crippen LogP) is 0.333. The zero-order chi connectivity index (χ0) is 7.82. The Kier molecular flexibility index (Phi) is 7.89. The van der Waals surface area contributed by atoms with E-state index in [4.69, 9.17) is 13.3 Å². The molecule has 0 N–H and O–H groups in total. The highest BCUT2D eigenvalue weighted by Gasteiger charge is 2.08. The molecule has 0 aromatic rings. The minimum absolute atomic E-state index is 0.683. The molecule has 3 nitrogen and oxygen atoms in total. The first-order chi connectivity index (χ1) is 4.85. The predicted molar refractivity (Wildman–Crippen MR) is 45.6 cm³/mol. The molecule has 0 saturated carbocycles. The molecule has 10 heavy (non-hydrogen) atoms. The van der Waals surface area contributed by atoms with E-state index in [0.717, 1.165) is 12.2 Å². The van der Waals surface area contributed by atoms with Gasteiger partial charge in [0.2, 0.25) is 0 Å². The molecule has 0 atom stereocenters. The number of thiol groups is 1. The molecule has 0 heterocycles. The van der Waals surface area contributed by atoms with Crippen molar-refractivity contribution in [2.45, 2.75) is 6.42 Å². The molecule has 0 aliphatic heterocycles. The molecule has 0 radical (unpaired) electrons. The maximum atomic E-state index is 5.23. The average Bonchev–Trinajstić information content (AvgIpc) is 1.99. The molecule has 0 amide bonds. The van der Waals surface area contributed by atoms with Crippen molar-refractivity contribution in [2.24, 2.45) is 0 Å². The normalized spacial score (nSPS) is 10.8. The molecule has 5 heteroatoms. The maximum Gasteiger partial charge on any atom is 0.483 e. The van der Waals surface area contributed by atoms with E-state index >= 15 is 0 Å². The van der Waals surface area contributed by atoms with Crippen LogP contribution in [0.2, 0.25) is 0 Å². The number of hydrogen-bond donors (Lipinski definition) is 1. The van der Waals surface area contributed by atoms with Gasteiger partial charge >= 0.3 is 9.53 Å². The first kappa shape index (κ1) is 10.4. The van der Waals surface area contributed by atoms with Crippen LogP contribution in [0.5, 0.6) is 0 Å². The van der Waals surface area contributed by atoms with Gasteiger partial charge in [-0.05, 0) is 12.2 Å². The second kappa shape index (κ2) is 7.55. The van der Waals surface area contributed by atoms with Crippen LogP contribution >= 0.6 is 12.6 Å². The van der Waals surface area contributed by atoms with E-state index < -0.39 is 9.53 Å². The highest BCUT2D eigenvalue weighted by Crippen LogP contribution is 1.91. The summed E-state index contributed by atoms with van der Waals surface area (Å²) in [5.74, 6) is 0.842. The smallest absolute Gasteiger partial charge is 0.379 e. The highest BCUT2D eigenvalue weighted by molar-refractivity contribution is 7.80. The largest absolute Gasteiger partial charge is 0.483 e. The summed E-state index contributed by atoms with van der Waals surface area (Å²) in [6.07, 6.45) is 0.944. The molecule has 0 aromatic carbocycles. The van der Waals surface area contributed by atoms with E-state index in [0.29, 0.717) is 6.61 Å². The summed E-state index contributed by atoms with van der Waals surface area (Å²) in [6.45, 7) is 0.683.